The van der Waals surface area contributed by atoms with Crippen molar-refractivity contribution in [3.05, 3.63) is 35.4 Å². The summed E-state index contributed by atoms with van der Waals surface area (Å²) in [6.07, 6.45) is 1.62. The predicted octanol–water partition coefficient (Wildman–Crippen LogP) is 1.48. The summed E-state index contributed by atoms with van der Waals surface area (Å²) < 4.78 is 32.0. The van der Waals surface area contributed by atoms with Gasteiger partial charge in [0.2, 0.25) is 10.0 Å². The van der Waals surface area contributed by atoms with Gasteiger partial charge in [-0.05, 0) is 24.0 Å². The summed E-state index contributed by atoms with van der Waals surface area (Å²) in [4.78, 5) is 0. The highest BCUT2D eigenvalue weighted by Gasteiger charge is 2.28. The van der Waals surface area contributed by atoms with Crippen LogP contribution in [0, 0.1) is 0 Å². The molecule has 2 rings (SSSR count). The van der Waals surface area contributed by atoms with E-state index in [1.165, 1.54) is 4.31 Å². The van der Waals surface area contributed by atoms with Crippen LogP contribution < -0.4 is 5.73 Å². The van der Waals surface area contributed by atoms with Crippen molar-refractivity contribution in [3.8, 4) is 0 Å². The first-order chi connectivity index (χ1) is 10.1. The Morgan fingerprint density at radius 3 is 2.62 bits per heavy atom. The Morgan fingerprint density at radius 1 is 1.33 bits per heavy atom. The SMILES string of the molecule is CCN(Cc1ccccc1CN)S(=O)(=O)CC1CCCO1. The van der Waals surface area contributed by atoms with Crippen LogP contribution in [0.5, 0.6) is 0 Å². The molecule has 1 aliphatic heterocycles. The zero-order valence-corrected chi connectivity index (χ0v) is 13.3. The average Bonchev–Trinajstić information content (AvgIpc) is 2.97. The molecule has 0 saturated carbocycles. The van der Waals surface area contributed by atoms with Crippen molar-refractivity contribution >= 4 is 10.0 Å². The largest absolute Gasteiger partial charge is 0.377 e. The molecule has 0 bridgehead atoms. The monoisotopic (exact) mass is 312 g/mol. The van der Waals surface area contributed by atoms with Crippen LogP contribution in [-0.2, 0) is 27.8 Å². The summed E-state index contributed by atoms with van der Waals surface area (Å²) in [5.74, 6) is 0.0750. The fourth-order valence-corrected chi connectivity index (χ4v) is 4.30. The molecular weight excluding hydrogens is 288 g/mol. The summed E-state index contributed by atoms with van der Waals surface area (Å²) in [7, 11) is -3.31. The topological polar surface area (TPSA) is 72.6 Å². The van der Waals surface area contributed by atoms with Gasteiger partial charge in [-0.1, -0.05) is 31.2 Å². The quantitative estimate of drug-likeness (QED) is 0.827. The van der Waals surface area contributed by atoms with Crippen molar-refractivity contribution in [3.63, 3.8) is 0 Å². The Kier molecular flexibility index (Phi) is 5.75. The molecule has 21 heavy (non-hydrogen) atoms. The van der Waals surface area contributed by atoms with Crippen LogP contribution in [0.4, 0.5) is 0 Å². The predicted molar refractivity (Wildman–Crippen MR) is 83.2 cm³/mol. The van der Waals surface area contributed by atoms with Crippen LogP contribution in [0.3, 0.4) is 0 Å². The second kappa shape index (κ2) is 7.35. The van der Waals surface area contributed by atoms with Gasteiger partial charge in [-0.2, -0.15) is 4.31 Å². The number of sulfonamides is 1. The second-order valence-electron chi connectivity index (χ2n) is 5.31. The lowest BCUT2D eigenvalue weighted by Gasteiger charge is -2.23. The van der Waals surface area contributed by atoms with E-state index in [0.717, 1.165) is 24.0 Å². The van der Waals surface area contributed by atoms with E-state index in [4.69, 9.17) is 10.5 Å². The first kappa shape index (κ1) is 16.4. The van der Waals surface area contributed by atoms with E-state index < -0.39 is 10.0 Å². The Balaban J connectivity index is 2.11. The van der Waals surface area contributed by atoms with Crippen LogP contribution in [0.1, 0.15) is 30.9 Å². The molecule has 0 spiro atoms. The van der Waals surface area contributed by atoms with Crippen molar-refractivity contribution in [2.24, 2.45) is 5.73 Å². The molecular formula is C15H24N2O3S. The molecule has 1 aromatic rings. The normalized spacial score (nSPS) is 19.3. The fraction of sp³-hybridized carbons (Fsp3) is 0.600. The van der Waals surface area contributed by atoms with Gasteiger partial charge in [-0.15, -0.1) is 0 Å². The van der Waals surface area contributed by atoms with Gasteiger partial charge < -0.3 is 10.5 Å². The molecule has 2 N–H and O–H groups in total. The molecule has 1 aliphatic rings. The maximum absolute atomic E-state index is 12.5. The average molecular weight is 312 g/mol. The van der Waals surface area contributed by atoms with E-state index in [1.54, 1.807) is 0 Å². The molecule has 0 aliphatic carbocycles. The van der Waals surface area contributed by atoms with E-state index in [9.17, 15) is 8.42 Å². The van der Waals surface area contributed by atoms with Crippen LogP contribution >= 0.6 is 0 Å². The molecule has 1 heterocycles. The number of rotatable bonds is 7. The number of nitrogens with zero attached hydrogens (tertiary/aromatic N) is 1. The first-order valence-electron chi connectivity index (χ1n) is 7.43. The first-order valence-corrected chi connectivity index (χ1v) is 9.04. The second-order valence-corrected chi connectivity index (χ2v) is 7.33. The van der Waals surface area contributed by atoms with Gasteiger partial charge in [-0.3, -0.25) is 0 Å². The van der Waals surface area contributed by atoms with Crippen LogP contribution in [-0.4, -0.2) is 37.7 Å². The number of ether oxygens (including phenoxy) is 1. The van der Waals surface area contributed by atoms with E-state index in [2.05, 4.69) is 0 Å². The third kappa shape index (κ3) is 4.26. The molecule has 1 saturated heterocycles. The number of hydrogen-bond acceptors (Lipinski definition) is 4. The molecule has 1 atom stereocenters. The minimum atomic E-state index is -3.31. The standard InChI is InChI=1S/C15H24N2O3S/c1-2-17(11-14-7-4-3-6-13(14)10-16)21(18,19)12-15-8-5-9-20-15/h3-4,6-7,15H,2,5,8-12,16H2,1H3. The van der Waals surface area contributed by atoms with Crippen molar-refractivity contribution in [2.45, 2.75) is 39.0 Å². The van der Waals surface area contributed by atoms with Crippen LogP contribution in [0.15, 0.2) is 24.3 Å². The highest BCUT2D eigenvalue weighted by atomic mass is 32.2. The van der Waals surface area contributed by atoms with E-state index in [1.807, 2.05) is 31.2 Å². The smallest absolute Gasteiger partial charge is 0.216 e. The van der Waals surface area contributed by atoms with Crippen molar-refractivity contribution in [1.29, 1.82) is 0 Å². The van der Waals surface area contributed by atoms with Gasteiger partial charge >= 0.3 is 0 Å². The molecule has 0 aromatic heterocycles. The summed E-state index contributed by atoms with van der Waals surface area (Å²) in [6, 6.07) is 7.71. The lowest BCUT2D eigenvalue weighted by molar-refractivity contribution is 0.126. The lowest BCUT2D eigenvalue weighted by atomic mass is 10.1. The van der Waals surface area contributed by atoms with Crippen molar-refractivity contribution in [2.75, 3.05) is 18.9 Å². The Labute approximate surface area is 127 Å². The Morgan fingerprint density at radius 2 is 2.05 bits per heavy atom. The van der Waals surface area contributed by atoms with Gasteiger partial charge in [0.05, 0.1) is 11.9 Å². The third-order valence-electron chi connectivity index (χ3n) is 3.85. The van der Waals surface area contributed by atoms with E-state index >= 15 is 0 Å². The molecule has 1 aromatic carbocycles. The molecule has 0 amide bonds. The summed E-state index contributed by atoms with van der Waals surface area (Å²) >= 11 is 0. The van der Waals surface area contributed by atoms with E-state index in [-0.39, 0.29) is 11.9 Å². The van der Waals surface area contributed by atoms with Gasteiger partial charge in [-0.25, -0.2) is 8.42 Å². The zero-order valence-electron chi connectivity index (χ0n) is 12.5. The summed E-state index contributed by atoms with van der Waals surface area (Å²) in [5, 5.41) is 0. The van der Waals surface area contributed by atoms with E-state index in [0.29, 0.717) is 26.2 Å². The molecule has 5 nitrogen and oxygen atoms in total. The summed E-state index contributed by atoms with van der Waals surface area (Å²) in [5.41, 5.74) is 7.68. The summed E-state index contributed by atoms with van der Waals surface area (Å²) in [6.45, 7) is 3.77. The van der Waals surface area contributed by atoms with Gasteiger partial charge in [0.25, 0.3) is 0 Å². The highest BCUT2D eigenvalue weighted by molar-refractivity contribution is 7.89. The number of nitrogens with two attached hydrogens (primary N) is 1. The lowest BCUT2D eigenvalue weighted by Crippen LogP contribution is -2.36. The Bertz CT molecular complexity index is 554. The number of benzene rings is 1. The molecule has 0 radical (unpaired) electrons. The number of hydrogen-bond donors (Lipinski definition) is 1. The van der Waals surface area contributed by atoms with Gasteiger partial charge in [0.1, 0.15) is 0 Å². The maximum Gasteiger partial charge on any atom is 0.216 e. The van der Waals surface area contributed by atoms with Crippen LogP contribution in [0.25, 0.3) is 0 Å². The van der Waals surface area contributed by atoms with Crippen molar-refractivity contribution in [1.82, 2.24) is 4.31 Å². The van der Waals surface area contributed by atoms with Gasteiger partial charge in [0, 0.05) is 26.2 Å². The van der Waals surface area contributed by atoms with Gasteiger partial charge in [0.15, 0.2) is 0 Å². The molecule has 118 valence electrons. The van der Waals surface area contributed by atoms with Crippen molar-refractivity contribution < 1.29 is 13.2 Å². The highest BCUT2D eigenvalue weighted by Crippen LogP contribution is 2.19. The molecule has 1 unspecified atom stereocenters. The minimum Gasteiger partial charge on any atom is -0.377 e. The third-order valence-corrected chi connectivity index (χ3v) is 5.82. The minimum absolute atomic E-state index is 0.0750. The zero-order chi connectivity index (χ0) is 15.3. The fourth-order valence-electron chi connectivity index (χ4n) is 2.62. The molecule has 6 heteroatoms. The molecule has 1 fully saturated rings. The van der Waals surface area contributed by atoms with Crippen LogP contribution in [0.2, 0.25) is 0 Å². The Hall–Kier alpha value is -0.950. The maximum atomic E-state index is 12.5.